The van der Waals surface area contributed by atoms with Gasteiger partial charge in [0.15, 0.2) is 11.6 Å². The van der Waals surface area contributed by atoms with E-state index in [-0.39, 0.29) is 72.4 Å². The van der Waals surface area contributed by atoms with Crippen molar-refractivity contribution in [2.45, 2.75) is 0 Å². The molecule has 2 N–H and O–H groups in total. The number of carboxylic acid groups (broad SMARTS) is 2. The molecule has 0 aliphatic heterocycles. The van der Waals surface area contributed by atoms with Crippen molar-refractivity contribution in [1.82, 2.24) is 9.97 Å². The van der Waals surface area contributed by atoms with Crippen LogP contribution in [0.15, 0.2) is 191 Å². The third-order valence-corrected chi connectivity index (χ3v) is 10.4. The number of aromatic nitrogens is 2. The number of rotatable bonds is 6. The van der Waals surface area contributed by atoms with Gasteiger partial charge in [0.2, 0.25) is 0 Å². The summed E-state index contributed by atoms with van der Waals surface area (Å²) < 4.78 is 11.5. The van der Waals surface area contributed by atoms with Crippen molar-refractivity contribution in [3.05, 3.63) is 216 Å². The van der Waals surface area contributed by atoms with Crippen LogP contribution in [0.5, 0.6) is 0 Å². The quantitative estimate of drug-likeness (QED) is 0.121. The van der Waals surface area contributed by atoms with Crippen molar-refractivity contribution in [2.24, 2.45) is 0 Å². The van der Waals surface area contributed by atoms with Crippen molar-refractivity contribution in [3.63, 3.8) is 0 Å². The molecule has 0 amide bonds. The molecular weight excluding hydrogens is 940 g/mol. The molecule has 0 fully saturated rings. The van der Waals surface area contributed by atoms with Crippen LogP contribution in [0.3, 0.4) is 0 Å². The normalized spacial score (nSPS) is 10.8. The van der Waals surface area contributed by atoms with E-state index in [1.54, 1.807) is 73.1 Å². The summed E-state index contributed by atoms with van der Waals surface area (Å²) in [6.07, 6.45) is 3.60. The molecule has 11 aromatic rings. The number of carbonyl (C=O) groups is 4. The van der Waals surface area contributed by atoms with Crippen molar-refractivity contribution >= 4 is 89.2 Å². The monoisotopic (exact) mass is 971 g/mol. The molecule has 7 aromatic carbocycles. The minimum Gasteiger partial charge on any atom is -0.478 e. The first-order chi connectivity index (χ1) is 30.2. The Hall–Kier alpha value is -7.47. The number of benzene rings is 7. The van der Waals surface area contributed by atoms with Gasteiger partial charge >= 0.3 is 11.9 Å². The Balaban J connectivity index is 0.000000133. The van der Waals surface area contributed by atoms with Gasteiger partial charge < -0.3 is 19.0 Å². The molecule has 4 heterocycles. The molecule has 11 rings (SSSR count). The van der Waals surface area contributed by atoms with Gasteiger partial charge in [-0.3, -0.25) is 19.6 Å². The predicted octanol–water partition coefficient (Wildman–Crippen LogP) is 11.8. The number of para-hydroxylation sites is 2. The van der Waals surface area contributed by atoms with Gasteiger partial charge in [-0.05, 0) is 72.8 Å². The largest absolute Gasteiger partial charge is 0.478 e. The zero-order chi connectivity index (χ0) is 42.7. The zero-order valence-corrected chi connectivity index (χ0v) is 35.0. The standard InChI is InChI=1S/2C20H12O4.C12H8N2.Tb/c2*21-19(14-6-1-2-7-15(14)20(22)23)12-9-10-18-16(11-12)13-5-3-4-8-17(13)24-18;1-3-9-5-6-10-4-2-8-14-12(10)11(9)13-7-1;/h2*1-11H,(H,22,23);1-8H;. The Bertz CT molecular complexity index is 3320. The van der Waals surface area contributed by atoms with Crippen molar-refractivity contribution in [3.8, 4) is 0 Å². The van der Waals surface area contributed by atoms with E-state index in [4.69, 9.17) is 8.83 Å². The number of ketones is 2. The van der Waals surface area contributed by atoms with Gasteiger partial charge in [0.25, 0.3) is 0 Å². The third kappa shape index (κ3) is 8.44. The van der Waals surface area contributed by atoms with Crippen LogP contribution in [0.25, 0.3) is 65.7 Å². The predicted molar refractivity (Wildman–Crippen MR) is 238 cm³/mol. The summed E-state index contributed by atoms with van der Waals surface area (Å²) in [4.78, 5) is 56.9. The third-order valence-electron chi connectivity index (χ3n) is 10.4. The van der Waals surface area contributed by atoms with Gasteiger partial charge in [0.1, 0.15) is 22.3 Å². The zero-order valence-electron chi connectivity index (χ0n) is 32.9. The van der Waals surface area contributed by atoms with Gasteiger partial charge in [-0.2, -0.15) is 0 Å². The fraction of sp³-hybridized carbons (Fsp3) is 0. The second kappa shape index (κ2) is 18.2. The van der Waals surface area contributed by atoms with Crippen LogP contribution in [-0.2, 0) is 0 Å². The van der Waals surface area contributed by atoms with E-state index in [1.165, 1.54) is 24.3 Å². The summed E-state index contributed by atoms with van der Waals surface area (Å²) in [6, 6.07) is 50.1. The summed E-state index contributed by atoms with van der Waals surface area (Å²) in [5.74, 6) is -2.87. The summed E-state index contributed by atoms with van der Waals surface area (Å²) >= 11 is 0. The minimum absolute atomic E-state index is 0. The first-order valence-corrected chi connectivity index (χ1v) is 19.4. The Morgan fingerprint density at radius 1 is 0.381 bits per heavy atom. The van der Waals surface area contributed by atoms with Crippen molar-refractivity contribution in [2.75, 3.05) is 0 Å². The van der Waals surface area contributed by atoms with Gasteiger partial charge in [0, 0.05) is 106 Å². The Kier molecular flexibility index (Phi) is 12.2. The van der Waals surface area contributed by atoms with Gasteiger partial charge in [-0.1, -0.05) is 97.1 Å². The van der Waals surface area contributed by atoms with Crippen LogP contribution in [-0.4, -0.2) is 43.7 Å². The first-order valence-electron chi connectivity index (χ1n) is 19.4. The van der Waals surface area contributed by atoms with E-state index < -0.39 is 11.9 Å². The maximum Gasteiger partial charge on any atom is 0.336 e. The molecule has 63 heavy (non-hydrogen) atoms. The molecule has 10 nitrogen and oxygen atoms in total. The number of carboxylic acids is 2. The molecule has 0 spiro atoms. The molecule has 0 aliphatic rings. The number of nitrogens with zero attached hydrogens (tertiary/aromatic N) is 2. The SMILES string of the molecule is O=C(O)c1ccccc1C(=O)c1ccc2oc3ccccc3c2c1.O=C(O)c1ccccc1C(=O)c1ccc2oc3ccccc3c2c1.[Tb].c1cnc2c(c1)ccc1cccnc12. The fourth-order valence-electron chi connectivity index (χ4n) is 7.46. The molecule has 307 valence electrons. The van der Waals surface area contributed by atoms with E-state index in [2.05, 4.69) is 34.2 Å². The number of hydrogen-bond acceptors (Lipinski definition) is 8. The number of furan rings is 2. The van der Waals surface area contributed by atoms with Crippen LogP contribution in [0.1, 0.15) is 52.6 Å². The number of fused-ring (bicyclic) bond motifs is 9. The minimum atomic E-state index is -1.12. The number of carbonyl (C=O) groups excluding carboxylic acids is 2. The van der Waals surface area contributed by atoms with E-state index in [9.17, 15) is 29.4 Å². The molecule has 0 saturated heterocycles. The van der Waals surface area contributed by atoms with Crippen LogP contribution in [0, 0.1) is 38.6 Å². The van der Waals surface area contributed by atoms with Crippen LogP contribution in [0.4, 0.5) is 0 Å². The number of hydrogen-bond donors (Lipinski definition) is 2. The molecule has 4 aromatic heterocycles. The molecule has 0 saturated carbocycles. The molecule has 1 radical (unpaired) electrons. The van der Waals surface area contributed by atoms with Crippen molar-refractivity contribution < 1.29 is 76.8 Å². The van der Waals surface area contributed by atoms with E-state index >= 15 is 0 Å². The Morgan fingerprint density at radius 3 is 1.16 bits per heavy atom. The fourth-order valence-corrected chi connectivity index (χ4v) is 7.46. The topological polar surface area (TPSA) is 161 Å². The smallest absolute Gasteiger partial charge is 0.336 e. The van der Waals surface area contributed by atoms with Gasteiger partial charge in [-0.25, -0.2) is 9.59 Å². The first kappa shape index (κ1) is 42.2. The molecule has 11 heteroatoms. The maximum absolute atomic E-state index is 12.8. The second-order valence-corrected chi connectivity index (χ2v) is 14.2. The van der Waals surface area contributed by atoms with Crippen molar-refractivity contribution in [1.29, 1.82) is 0 Å². The average Bonchev–Trinajstić information content (AvgIpc) is 3.89. The Labute approximate surface area is 388 Å². The number of pyridine rings is 2. The molecule has 0 aliphatic carbocycles. The van der Waals surface area contributed by atoms with E-state index in [1.807, 2.05) is 60.7 Å². The summed E-state index contributed by atoms with van der Waals surface area (Å²) in [7, 11) is 0. The Morgan fingerprint density at radius 2 is 0.746 bits per heavy atom. The summed E-state index contributed by atoms with van der Waals surface area (Å²) in [5.41, 5.74) is 6.07. The van der Waals surface area contributed by atoms with Gasteiger partial charge in [0.05, 0.1) is 22.2 Å². The second-order valence-electron chi connectivity index (χ2n) is 14.2. The molecule has 0 bridgehead atoms. The van der Waals surface area contributed by atoms with Crippen LogP contribution >= 0.6 is 0 Å². The average molecular weight is 972 g/mol. The van der Waals surface area contributed by atoms with E-state index in [0.717, 1.165) is 54.5 Å². The molecule has 0 atom stereocenters. The molecular formula is C52H32N2O8Tb. The maximum atomic E-state index is 12.8. The van der Waals surface area contributed by atoms with Crippen LogP contribution < -0.4 is 0 Å². The summed E-state index contributed by atoms with van der Waals surface area (Å²) in [5, 5.41) is 24.3. The van der Waals surface area contributed by atoms with Crippen LogP contribution in [0.2, 0.25) is 0 Å². The molecule has 0 unspecified atom stereocenters. The van der Waals surface area contributed by atoms with Gasteiger partial charge in [-0.15, -0.1) is 0 Å². The summed E-state index contributed by atoms with van der Waals surface area (Å²) in [6.45, 7) is 0. The number of aromatic carboxylic acids is 2. The van der Waals surface area contributed by atoms with E-state index in [0.29, 0.717) is 22.3 Å².